The molecule has 2 heterocycles. The normalized spacial score (nSPS) is 22.1. The Balaban J connectivity index is 1.79. The highest BCUT2D eigenvalue weighted by atomic mass is 79.9. The molecule has 1 aliphatic heterocycles. The Morgan fingerprint density at radius 1 is 1.43 bits per heavy atom. The predicted molar refractivity (Wildman–Crippen MR) is 80.1 cm³/mol. The fourth-order valence-corrected chi connectivity index (χ4v) is 2.75. The number of aromatic nitrogens is 1. The van der Waals surface area contributed by atoms with E-state index in [1.807, 2.05) is 0 Å². The summed E-state index contributed by atoms with van der Waals surface area (Å²) in [6.07, 6.45) is -2.10. The van der Waals surface area contributed by atoms with Gasteiger partial charge in [0.2, 0.25) is 0 Å². The lowest BCUT2D eigenvalue weighted by molar-refractivity contribution is -0.137. The largest absolute Gasteiger partial charge is 0.419 e. The molecule has 1 aromatic heterocycles. The number of halogens is 4. The first-order valence-corrected chi connectivity index (χ1v) is 8.03. The van der Waals surface area contributed by atoms with Gasteiger partial charge in [-0.2, -0.15) is 13.2 Å². The number of hydrogen-bond donors (Lipinski definition) is 1. The van der Waals surface area contributed by atoms with Gasteiger partial charge in [-0.05, 0) is 34.8 Å². The molecule has 1 N–H and O–H groups in total. The van der Waals surface area contributed by atoms with Gasteiger partial charge in [-0.15, -0.1) is 0 Å². The van der Waals surface area contributed by atoms with Crippen LogP contribution in [0.3, 0.4) is 0 Å². The number of hydrogen-bond acceptors (Lipinski definition) is 4. The minimum atomic E-state index is -4.52. The summed E-state index contributed by atoms with van der Waals surface area (Å²) in [5, 5.41) is 2.81. The summed E-state index contributed by atoms with van der Waals surface area (Å²) in [6.45, 7) is 0.485. The van der Waals surface area contributed by atoms with E-state index in [2.05, 4.69) is 26.2 Å². The maximum absolute atomic E-state index is 13.2. The maximum Gasteiger partial charge on any atom is 0.419 e. The van der Waals surface area contributed by atoms with Crippen molar-refractivity contribution in [3.05, 3.63) is 22.3 Å². The van der Waals surface area contributed by atoms with Gasteiger partial charge in [0.25, 0.3) is 5.91 Å². The Morgan fingerprint density at radius 2 is 2.17 bits per heavy atom. The molecule has 1 unspecified atom stereocenters. The van der Waals surface area contributed by atoms with Gasteiger partial charge in [0.15, 0.2) is 6.10 Å². The van der Waals surface area contributed by atoms with Gasteiger partial charge < -0.3 is 15.0 Å². The maximum atomic E-state index is 13.2. The van der Waals surface area contributed by atoms with Crippen molar-refractivity contribution in [2.24, 2.45) is 0 Å². The number of anilines is 1. The third kappa shape index (κ3) is 3.95. The lowest BCUT2D eigenvalue weighted by Crippen LogP contribution is -2.51. The van der Waals surface area contributed by atoms with Crippen LogP contribution in [0.5, 0.6) is 0 Å². The van der Waals surface area contributed by atoms with Gasteiger partial charge >= 0.3 is 6.18 Å². The highest BCUT2D eigenvalue weighted by Crippen LogP contribution is 2.37. The molecule has 0 bridgehead atoms. The number of carbonyl (C=O) groups is 1. The molecule has 2 fully saturated rings. The Hall–Kier alpha value is -1.35. The summed E-state index contributed by atoms with van der Waals surface area (Å²) in [6, 6.07) is 1.18. The van der Waals surface area contributed by atoms with Gasteiger partial charge in [-0.25, -0.2) is 4.98 Å². The highest BCUT2D eigenvalue weighted by Gasteiger charge is 2.38. The molecule has 0 aromatic carbocycles. The zero-order chi connectivity index (χ0) is 16.6. The first-order chi connectivity index (χ1) is 10.8. The van der Waals surface area contributed by atoms with Crippen LogP contribution in [0.15, 0.2) is 16.7 Å². The Kier molecular flexibility index (Phi) is 4.50. The number of ether oxygens (including phenoxy) is 1. The summed E-state index contributed by atoms with van der Waals surface area (Å²) < 4.78 is 45.3. The number of nitrogens with zero attached hydrogens (tertiary/aromatic N) is 2. The van der Waals surface area contributed by atoms with E-state index in [-0.39, 0.29) is 41.9 Å². The fourth-order valence-electron chi connectivity index (χ4n) is 2.41. The minimum Gasteiger partial charge on any atom is -0.365 e. The molecule has 1 atom stereocenters. The molecule has 5 nitrogen and oxygen atoms in total. The van der Waals surface area contributed by atoms with Gasteiger partial charge in [0.05, 0.1) is 18.7 Å². The Labute approximate surface area is 139 Å². The summed E-state index contributed by atoms with van der Waals surface area (Å²) in [5.74, 6) is -0.448. The van der Waals surface area contributed by atoms with Crippen molar-refractivity contribution in [3.8, 4) is 0 Å². The quantitative estimate of drug-likeness (QED) is 0.856. The zero-order valence-electron chi connectivity index (χ0n) is 12.1. The average Bonchev–Trinajstić information content (AvgIpc) is 3.30. The molecule has 1 aliphatic carbocycles. The Bertz CT molecular complexity index is 607. The van der Waals surface area contributed by atoms with Crippen LogP contribution in [-0.2, 0) is 15.7 Å². The smallest absolute Gasteiger partial charge is 0.365 e. The fraction of sp³-hybridized carbons (Fsp3) is 0.571. The van der Waals surface area contributed by atoms with Crippen LogP contribution in [0, 0.1) is 0 Å². The van der Waals surface area contributed by atoms with E-state index in [4.69, 9.17) is 4.74 Å². The average molecular weight is 394 g/mol. The molecule has 0 spiro atoms. The first kappa shape index (κ1) is 16.5. The molecule has 126 valence electrons. The lowest BCUT2D eigenvalue weighted by atomic mass is 10.2. The number of alkyl halides is 3. The van der Waals surface area contributed by atoms with Crippen molar-refractivity contribution in [1.82, 2.24) is 10.3 Å². The third-order valence-electron chi connectivity index (χ3n) is 3.72. The molecule has 23 heavy (non-hydrogen) atoms. The van der Waals surface area contributed by atoms with E-state index in [1.165, 1.54) is 11.1 Å². The standard InChI is InChI=1S/C14H15BrF3N3O2/c15-8-5-10(14(16,17)18)12(19-6-8)21-3-4-23-11(7-21)13(22)20-9-1-2-9/h5-6,9,11H,1-4,7H2,(H,20,22). The van der Waals surface area contributed by atoms with Crippen LogP contribution in [0.25, 0.3) is 0 Å². The van der Waals surface area contributed by atoms with Crippen molar-refractivity contribution < 1.29 is 22.7 Å². The second-order valence-corrected chi connectivity index (χ2v) is 6.53. The molecule has 1 saturated carbocycles. The van der Waals surface area contributed by atoms with Gasteiger partial charge in [0, 0.05) is 23.3 Å². The molecular weight excluding hydrogens is 379 g/mol. The van der Waals surface area contributed by atoms with Crippen molar-refractivity contribution >= 4 is 27.7 Å². The molecule has 1 aromatic rings. The molecule has 3 rings (SSSR count). The summed E-state index contributed by atoms with van der Waals surface area (Å²) >= 11 is 3.01. The van der Waals surface area contributed by atoms with E-state index in [9.17, 15) is 18.0 Å². The van der Waals surface area contributed by atoms with E-state index >= 15 is 0 Å². The molecular formula is C14H15BrF3N3O2. The molecule has 1 saturated heterocycles. The predicted octanol–water partition coefficient (Wildman–Crippen LogP) is 2.35. The monoisotopic (exact) mass is 393 g/mol. The first-order valence-electron chi connectivity index (χ1n) is 7.24. The van der Waals surface area contributed by atoms with Gasteiger partial charge in [-0.1, -0.05) is 0 Å². The summed E-state index contributed by atoms with van der Waals surface area (Å²) in [5.41, 5.74) is -0.824. The van der Waals surface area contributed by atoms with Crippen LogP contribution in [-0.4, -0.2) is 42.7 Å². The van der Waals surface area contributed by atoms with Crippen LogP contribution >= 0.6 is 15.9 Å². The minimum absolute atomic E-state index is 0.0519. The van der Waals surface area contributed by atoms with Crippen LogP contribution in [0.1, 0.15) is 18.4 Å². The van der Waals surface area contributed by atoms with Crippen molar-refractivity contribution in [2.75, 3.05) is 24.6 Å². The van der Waals surface area contributed by atoms with Crippen LogP contribution < -0.4 is 10.2 Å². The number of carbonyl (C=O) groups excluding carboxylic acids is 1. The number of pyridine rings is 1. The zero-order valence-corrected chi connectivity index (χ0v) is 13.7. The number of rotatable bonds is 3. The van der Waals surface area contributed by atoms with Crippen molar-refractivity contribution in [2.45, 2.75) is 31.2 Å². The van der Waals surface area contributed by atoms with Crippen LogP contribution in [0.4, 0.5) is 19.0 Å². The molecule has 2 aliphatic rings. The molecule has 0 radical (unpaired) electrons. The van der Waals surface area contributed by atoms with Gasteiger partial charge in [0.1, 0.15) is 5.82 Å². The van der Waals surface area contributed by atoms with E-state index in [0.29, 0.717) is 0 Å². The van der Waals surface area contributed by atoms with Crippen molar-refractivity contribution in [1.29, 1.82) is 0 Å². The topological polar surface area (TPSA) is 54.5 Å². The number of morpholine rings is 1. The van der Waals surface area contributed by atoms with Crippen LogP contribution in [0.2, 0.25) is 0 Å². The molecule has 1 amide bonds. The number of nitrogens with one attached hydrogen (secondary N) is 1. The molecule has 9 heteroatoms. The summed E-state index contributed by atoms with van der Waals surface area (Å²) in [4.78, 5) is 17.4. The lowest BCUT2D eigenvalue weighted by Gasteiger charge is -2.34. The Morgan fingerprint density at radius 3 is 2.83 bits per heavy atom. The second kappa shape index (κ2) is 6.27. The van der Waals surface area contributed by atoms with Gasteiger partial charge in [-0.3, -0.25) is 4.79 Å². The van der Waals surface area contributed by atoms with E-state index < -0.39 is 17.8 Å². The number of amides is 1. The van der Waals surface area contributed by atoms with E-state index in [0.717, 1.165) is 18.9 Å². The van der Waals surface area contributed by atoms with E-state index in [1.54, 1.807) is 0 Å². The third-order valence-corrected chi connectivity index (χ3v) is 4.15. The second-order valence-electron chi connectivity index (χ2n) is 5.61. The highest BCUT2D eigenvalue weighted by molar-refractivity contribution is 9.10. The summed E-state index contributed by atoms with van der Waals surface area (Å²) in [7, 11) is 0. The van der Waals surface area contributed by atoms with Crippen molar-refractivity contribution in [3.63, 3.8) is 0 Å². The SMILES string of the molecule is O=C(NC1CC1)C1CN(c2ncc(Br)cc2C(F)(F)F)CCO1.